The maximum absolute atomic E-state index is 11.5. The van der Waals surface area contributed by atoms with Crippen LogP contribution in [-0.4, -0.2) is 35.7 Å². The van der Waals surface area contributed by atoms with Crippen LogP contribution in [0, 0.1) is 0 Å². The zero-order valence-corrected chi connectivity index (χ0v) is 14.1. The first-order valence-electron chi connectivity index (χ1n) is 6.40. The van der Waals surface area contributed by atoms with E-state index in [9.17, 15) is 8.42 Å². The van der Waals surface area contributed by atoms with E-state index in [0.717, 1.165) is 11.8 Å². The van der Waals surface area contributed by atoms with E-state index in [-0.39, 0.29) is 12.2 Å². The van der Waals surface area contributed by atoms with Gasteiger partial charge in [0.2, 0.25) is 10.0 Å². The van der Waals surface area contributed by atoms with Crippen molar-refractivity contribution in [2.45, 2.75) is 26.2 Å². The van der Waals surface area contributed by atoms with Crippen molar-refractivity contribution in [1.82, 2.24) is 0 Å². The van der Waals surface area contributed by atoms with Gasteiger partial charge in [0.1, 0.15) is 5.75 Å². The number of anilines is 1. The third-order valence-electron chi connectivity index (χ3n) is 2.72. The summed E-state index contributed by atoms with van der Waals surface area (Å²) < 4.78 is 41.3. The Morgan fingerprint density at radius 1 is 1.19 bits per heavy atom. The van der Waals surface area contributed by atoms with Gasteiger partial charge < -0.3 is 14.2 Å². The van der Waals surface area contributed by atoms with Crippen molar-refractivity contribution >= 4 is 15.7 Å². The quantitative estimate of drug-likeness (QED) is 0.815. The van der Waals surface area contributed by atoms with Crippen molar-refractivity contribution < 1.29 is 22.6 Å². The Morgan fingerprint density at radius 2 is 1.81 bits per heavy atom. The third kappa shape index (κ3) is 5.09. The lowest BCUT2D eigenvalue weighted by atomic mass is 9.85. The molecule has 0 aliphatic heterocycles. The number of benzene rings is 1. The van der Waals surface area contributed by atoms with Gasteiger partial charge in [-0.3, -0.25) is 4.72 Å². The second kappa shape index (κ2) is 6.53. The smallest absolute Gasteiger partial charge is 0.229 e. The van der Waals surface area contributed by atoms with Gasteiger partial charge in [0, 0.05) is 18.7 Å². The predicted molar refractivity (Wildman–Crippen MR) is 82.7 cm³/mol. The van der Waals surface area contributed by atoms with Gasteiger partial charge in [-0.1, -0.05) is 20.8 Å². The van der Waals surface area contributed by atoms with Crippen LogP contribution in [0.3, 0.4) is 0 Å². The first kappa shape index (κ1) is 17.6. The molecule has 1 aromatic carbocycles. The van der Waals surface area contributed by atoms with Gasteiger partial charge >= 0.3 is 0 Å². The van der Waals surface area contributed by atoms with Crippen LogP contribution >= 0.6 is 0 Å². The van der Waals surface area contributed by atoms with E-state index in [1.807, 2.05) is 26.8 Å². The van der Waals surface area contributed by atoms with Crippen LogP contribution in [0.15, 0.2) is 12.1 Å². The molecule has 0 unspecified atom stereocenters. The summed E-state index contributed by atoms with van der Waals surface area (Å²) in [6, 6.07) is 3.42. The van der Waals surface area contributed by atoms with E-state index in [2.05, 4.69) is 4.72 Å². The second-order valence-corrected chi connectivity index (χ2v) is 7.48. The van der Waals surface area contributed by atoms with Crippen LogP contribution in [0.25, 0.3) is 0 Å². The number of rotatable bonds is 6. The molecule has 0 amide bonds. The molecule has 0 fully saturated rings. The largest absolute Gasteiger partial charge is 0.497 e. The minimum absolute atomic E-state index is 0.0217. The van der Waals surface area contributed by atoms with Crippen molar-refractivity contribution in [1.29, 1.82) is 0 Å². The number of ether oxygens (including phenoxy) is 3. The highest BCUT2D eigenvalue weighted by Crippen LogP contribution is 2.40. The molecule has 0 heterocycles. The fourth-order valence-electron chi connectivity index (χ4n) is 1.83. The lowest BCUT2D eigenvalue weighted by molar-refractivity contribution is 0.0503. The zero-order valence-electron chi connectivity index (χ0n) is 13.3. The maximum atomic E-state index is 11.5. The molecule has 1 rings (SSSR count). The molecule has 0 bridgehead atoms. The molecular formula is C14H23NO5S. The minimum atomic E-state index is -3.44. The fourth-order valence-corrected chi connectivity index (χ4v) is 2.38. The molecule has 0 radical (unpaired) electrons. The number of hydrogen-bond donors (Lipinski definition) is 1. The highest BCUT2D eigenvalue weighted by atomic mass is 32.2. The number of nitrogens with one attached hydrogen (secondary N) is 1. The Labute approximate surface area is 126 Å². The molecule has 7 heteroatoms. The van der Waals surface area contributed by atoms with Gasteiger partial charge in [-0.2, -0.15) is 0 Å². The summed E-state index contributed by atoms with van der Waals surface area (Å²) in [5, 5.41) is 0. The molecule has 0 aliphatic rings. The van der Waals surface area contributed by atoms with Crippen LogP contribution < -0.4 is 14.2 Å². The van der Waals surface area contributed by atoms with E-state index >= 15 is 0 Å². The molecular weight excluding hydrogens is 294 g/mol. The summed E-state index contributed by atoms with van der Waals surface area (Å²) in [4.78, 5) is 0. The van der Waals surface area contributed by atoms with E-state index in [1.165, 1.54) is 14.2 Å². The van der Waals surface area contributed by atoms with Gasteiger partial charge in [0.25, 0.3) is 0 Å². The zero-order chi connectivity index (χ0) is 16.3. The van der Waals surface area contributed by atoms with Crippen molar-refractivity contribution in [2.75, 3.05) is 32.0 Å². The lowest BCUT2D eigenvalue weighted by Gasteiger charge is -2.25. The normalized spacial score (nSPS) is 12.1. The van der Waals surface area contributed by atoms with Crippen molar-refractivity contribution in [2.24, 2.45) is 0 Å². The topological polar surface area (TPSA) is 73.9 Å². The Bertz CT molecular complexity index is 590. The Kier molecular flexibility index (Phi) is 5.47. The molecule has 0 spiro atoms. The fraction of sp³-hybridized carbons (Fsp3) is 0.571. The molecule has 0 saturated heterocycles. The Balaban J connectivity index is 3.49. The molecule has 0 saturated carbocycles. The summed E-state index contributed by atoms with van der Waals surface area (Å²) in [5.41, 5.74) is 0.898. The van der Waals surface area contributed by atoms with Gasteiger partial charge in [0.05, 0.1) is 19.1 Å². The van der Waals surface area contributed by atoms with Crippen molar-refractivity contribution in [3.8, 4) is 11.5 Å². The first-order chi connectivity index (χ1) is 9.58. The average molecular weight is 317 g/mol. The second-order valence-electron chi connectivity index (χ2n) is 5.73. The molecule has 21 heavy (non-hydrogen) atoms. The SMILES string of the molecule is COCOc1c(NS(C)(=O)=O)cc(OC)cc1C(C)(C)C. The highest BCUT2D eigenvalue weighted by Gasteiger charge is 2.24. The monoisotopic (exact) mass is 317 g/mol. The van der Waals surface area contributed by atoms with E-state index in [1.54, 1.807) is 6.07 Å². The van der Waals surface area contributed by atoms with Gasteiger partial charge in [-0.15, -0.1) is 0 Å². The molecule has 0 atom stereocenters. The first-order valence-corrected chi connectivity index (χ1v) is 8.29. The predicted octanol–water partition coefficient (Wildman–Crippen LogP) is 2.35. The summed E-state index contributed by atoms with van der Waals surface area (Å²) in [5.74, 6) is 0.992. The standard InChI is InChI=1S/C14H23NO5S/c1-14(2,3)11-7-10(19-5)8-12(15-21(6,16)17)13(11)20-9-18-4/h7-8,15H,9H2,1-6H3. The van der Waals surface area contributed by atoms with E-state index in [0.29, 0.717) is 17.2 Å². The third-order valence-corrected chi connectivity index (χ3v) is 3.31. The molecule has 0 aromatic heterocycles. The summed E-state index contributed by atoms with van der Waals surface area (Å²) in [6.45, 7) is 6.04. The molecule has 6 nitrogen and oxygen atoms in total. The Morgan fingerprint density at radius 3 is 2.24 bits per heavy atom. The highest BCUT2D eigenvalue weighted by molar-refractivity contribution is 7.92. The van der Waals surface area contributed by atoms with Crippen LogP contribution in [0.5, 0.6) is 11.5 Å². The molecule has 1 aromatic rings. The number of methoxy groups -OCH3 is 2. The van der Waals surface area contributed by atoms with Crippen molar-refractivity contribution in [3.05, 3.63) is 17.7 Å². The number of sulfonamides is 1. The summed E-state index contributed by atoms with van der Waals surface area (Å²) >= 11 is 0. The average Bonchev–Trinajstić information content (AvgIpc) is 2.33. The van der Waals surface area contributed by atoms with Crippen LogP contribution in [0.4, 0.5) is 5.69 Å². The summed E-state index contributed by atoms with van der Waals surface area (Å²) in [6.07, 6.45) is 1.09. The molecule has 1 N–H and O–H groups in total. The number of hydrogen-bond acceptors (Lipinski definition) is 5. The summed E-state index contributed by atoms with van der Waals surface area (Å²) in [7, 11) is -0.405. The van der Waals surface area contributed by atoms with Gasteiger partial charge in [-0.05, 0) is 11.5 Å². The van der Waals surface area contributed by atoms with E-state index in [4.69, 9.17) is 14.2 Å². The Hall–Kier alpha value is -1.47. The maximum Gasteiger partial charge on any atom is 0.229 e. The lowest BCUT2D eigenvalue weighted by Crippen LogP contribution is -2.18. The van der Waals surface area contributed by atoms with Crippen molar-refractivity contribution in [3.63, 3.8) is 0 Å². The van der Waals surface area contributed by atoms with Crippen LogP contribution in [0.1, 0.15) is 26.3 Å². The molecule has 120 valence electrons. The minimum Gasteiger partial charge on any atom is -0.497 e. The van der Waals surface area contributed by atoms with Crippen LogP contribution in [-0.2, 0) is 20.2 Å². The van der Waals surface area contributed by atoms with Gasteiger partial charge in [-0.25, -0.2) is 8.42 Å². The van der Waals surface area contributed by atoms with E-state index < -0.39 is 10.0 Å². The molecule has 0 aliphatic carbocycles. The van der Waals surface area contributed by atoms with Gasteiger partial charge in [0.15, 0.2) is 12.5 Å². The van der Waals surface area contributed by atoms with Crippen LogP contribution in [0.2, 0.25) is 0 Å².